The van der Waals surface area contributed by atoms with Crippen LogP contribution >= 0.6 is 22.9 Å². The van der Waals surface area contributed by atoms with E-state index in [1.807, 2.05) is 28.2 Å². The normalized spacial score (nSPS) is 26.2. The molecule has 2 unspecified atom stereocenters. The maximum atomic E-state index is 14.2. The summed E-state index contributed by atoms with van der Waals surface area (Å²) >= 11 is 8.05. The summed E-state index contributed by atoms with van der Waals surface area (Å²) in [4.78, 5) is 51.7. The van der Waals surface area contributed by atoms with Gasteiger partial charge in [-0.1, -0.05) is 17.7 Å². The highest BCUT2D eigenvalue weighted by Gasteiger charge is 2.41. The van der Waals surface area contributed by atoms with Crippen molar-refractivity contribution in [3.63, 3.8) is 0 Å². The number of carbonyl (C=O) groups is 3. The molecule has 1 aromatic carbocycles. The molecule has 5 aliphatic heterocycles. The van der Waals surface area contributed by atoms with Gasteiger partial charge in [-0.3, -0.25) is 9.69 Å². The quantitative estimate of drug-likeness (QED) is 0.390. The molecule has 6 heterocycles. The van der Waals surface area contributed by atoms with Gasteiger partial charge in [0, 0.05) is 81.8 Å². The van der Waals surface area contributed by atoms with E-state index in [0.717, 1.165) is 36.3 Å². The Bertz CT molecular complexity index is 1480. The van der Waals surface area contributed by atoms with Gasteiger partial charge in [0.15, 0.2) is 0 Å². The van der Waals surface area contributed by atoms with Gasteiger partial charge in [-0.25, -0.2) is 9.59 Å². The van der Waals surface area contributed by atoms with E-state index < -0.39 is 6.04 Å². The number of nitrogens with two attached hydrogens (primary N) is 1. The van der Waals surface area contributed by atoms with Gasteiger partial charge in [0.25, 0.3) is 0 Å². The molecule has 4 saturated heterocycles. The number of hydrogen-bond donors (Lipinski definition) is 3. The summed E-state index contributed by atoms with van der Waals surface area (Å²) in [6, 6.07) is 4.74. The van der Waals surface area contributed by atoms with Gasteiger partial charge in [0.1, 0.15) is 6.04 Å². The maximum absolute atomic E-state index is 14.2. The van der Waals surface area contributed by atoms with Crippen LogP contribution in [0.1, 0.15) is 55.2 Å². The fourth-order valence-corrected chi connectivity index (χ4v) is 9.83. The molecule has 2 aromatic rings. The Labute approximate surface area is 292 Å². The number of nitrogens with one attached hydrogen (secondary N) is 2. The van der Waals surface area contributed by atoms with Crippen molar-refractivity contribution >= 4 is 52.3 Å². The number of fused-ring (bicyclic) bond motifs is 3. The zero-order valence-corrected chi connectivity index (χ0v) is 29.7. The molecule has 13 heteroatoms. The first-order chi connectivity index (χ1) is 23.1. The first kappa shape index (κ1) is 33.4. The molecule has 5 aliphatic rings. The van der Waals surface area contributed by atoms with Gasteiger partial charge in [-0.15, -0.1) is 11.3 Å². The minimum Gasteiger partial charge on any atom is -0.397 e. The lowest BCUT2D eigenvalue weighted by Crippen LogP contribution is -2.60. The average molecular weight is 697 g/mol. The van der Waals surface area contributed by atoms with E-state index in [4.69, 9.17) is 17.3 Å². The summed E-state index contributed by atoms with van der Waals surface area (Å²) in [5.74, 6) is -0.0551. The van der Waals surface area contributed by atoms with Crippen molar-refractivity contribution in [2.45, 2.75) is 88.5 Å². The van der Waals surface area contributed by atoms with Crippen molar-refractivity contribution in [3.05, 3.63) is 44.6 Å². The first-order valence-corrected chi connectivity index (χ1v) is 18.9. The van der Waals surface area contributed by atoms with Crippen LogP contribution < -0.4 is 16.4 Å². The minimum absolute atomic E-state index is 0.0551. The van der Waals surface area contributed by atoms with Crippen molar-refractivity contribution in [1.29, 1.82) is 0 Å². The molecular formula is C35H49ClN8O3S. The first-order valence-electron chi connectivity index (χ1n) is 17.6. The maximum Gasteiger partial charge on any atom is 0.322 e. The monoisotopic (exact) mass is 696 g/mol. The third kappa shape index (κ3) is 6.86. The Morgan fingerprint density at radius 2 is 1.67 bits per heavy atom. The van der Waals surface area contributed by atoms with Crippen LogP contribution in [0.5, 0.6) is 0 Å². The number of thiophene rings is 1. The number of likely N-dealkylation sites (tertiary alicyclic amines) is 1. The molecule has 0 aliphatic carbocycles. The Morgan fingerprint density at radius 3 is 2.35 bits per heavy atom. The van der Waals surface area contributed by atoms with Crippen molar-refractivity contribution in [1.82, 2.24) is 29.8 Å². The number of nitrogens with zero attached hydrogens (tertiary/aromatic N) is 5. The van der Waals surface area contributed by atoms with Crippen LogP contribution in [-0.2, 0) is 17.6 Å². The van der Waals surface area contributed by atoms with Crippen LogP contribution in [0.4, 0.5) is 21.0 Å². The summed E-state index contributed by atoms with van der Waals surface area (Å²) in [5, 5.41) is 10.7. The smallest absolute Gasteiger partial charge is 0.322 e. The van der Waals surface area contributed by atoms with Crippen molar-refractivity contribution < 1.29 is 14.4 Å². The Hall–Kier alpha value is -3.06. The van der Waals surface area contributed by atoms with Crippen molar-refractivity contribution in [2.75, 3.05) is 63.9 Å². The van der Waals surface area contributed by atoms with Crippen LogP contribution in [0.15, 0.2) is 22.9 Å². The number of piperazine rings is 1. The molecule has 2 bridgehead atoms. The lowest BCUT2D eigenvalue weighted by atomic mass is 9.96. The van der Waals surface area contributed by atoms with Gasteiger partial charge in [-0.05, 0) is 87.1 Å². The van der Waals surface area contributed by atoms with E-state index in [0.29, 0.717) is 80.8 Å². The number of anilines is 2. The van der Waals surface area contributed by atoms with Gasteiger partial charge in [-0.2, -0.15) is 0 Å². The summed E-state index contributed by atoms with van der Waals surface area (Å²) in [6.45, 7) is 6.64. The Balaban J connectivity index is 0.980. The van der Waals surface area contributed by atoms with Crippen LogP contribution in [0, 0.1) is 6.92 Å². The molecule has 48 heavy (non-hydrogen) atoms. The lowest BCUT2D eigenvalue weighted by Gasteiger charge is -2.45. The number of urea groups is 2. The summed E-state index contributed by atoms with van der Waals surface area (Å²) < 4.78 is 0. The zero-order chi connectivity index (χ0) is 33.5. The molecule has 7 rings (SSSR count). The fourth-order valence-electron chi connectivity index (χ4n) is 8.71. The highest BCUT2D eigenvalue weighted by atomic mass is 35.5. The summed E-state index contributed by atoms with van der Waals surface area (Å²) in [6.07, 6.45) is 7.57. The van der Waals surface area contributed by atoms with E-state index in [1.54, 1.807) is 22.3 Å². The number of piperidine rings is 2. The second-order valence-electron chi connectivity index (χ2n) is 14.5. The number of nitrogen functional groups attached to an aromatic ring is 1. The fraction of sp³-hybridized carbons (Fsp3) is 0.629. The van der Waals surface area contributed by atoms with E-state index in [-0.39, 0.29) is 24.0 Å². The van der Waals surface area contributed by atoms with Crippen LogP contribution in [0.3, 0.4) is 0 Å². The van der Waals surface area contributed by atoms with E-state index in [2.05, 4.69) is 32.9 Å². The SMILES string of the molecule is Cc1cc(C[C@@H](NC(=O)N2CCC(N3CCc4cscc4NC3=O)CC2)C(=O)N2CCN(C3CC4CCC(C3)N4C)CC2)cc(Cl)c1N. The van der Waals surface area contributed by atoms with Crippen LogP contribution in [0.25, 0.3) is 0 Å². The number of benzene rings is 1. The summed E-state index contributed by atoms with van der Waals surface area (Å²) in [7, 11) is 2.27. The second kappa shape index (κ2) is 14.0. The Morgan fingerprint density at radius 1 is 0.958 bits per heavy atom. The predicted octanol–water partition coefficient (Wildman–Crippen LogP) is 4.24. The Kier molecular flexibility index (Phi) is 9.79. The molecule has 1 aromatic heterocycles. The third-order valence-corrected chi connectivity index (χ3v) is 12.8. The minimum atomic E-state index is -0.727. The molecule has 0 radical (unpaired) electrons. The van der Waals surface area contributed by atoms with E-state index >= 15 is 0 Å². The van der Waals surface area contributed by atoms with Gasteiger partial charge >= 0.3 is 12.1 Å². The molecule has 4 N–H and O–H groups in total. The summed E-state index contributed by atoms with van der Waals surface area (Å²) in [5.41, 5.74) is 10.5. The molecule has 0 spiro atoms. The van der Waals surface area contributed by atoms with E-state index in [1.165, 1.54) is 31.2 Å². The molecule has 3 atom stereocenters. The van der Waals surface area contributed by atoms with Crippen molar-refractivity contribution in [3.8, 4) is 0 Å². The number of halogens is 1. The zero-order valence-electron chi connectivity index (χ0n) is 28.1. The highest BCUT2D eigenvalue weighted by molar-refractivity contribution is 7.08. The van der Waals surface area contributed by atoms with Crippen LogP contribution in [0.2, 0.25) is 5.02 Å². The van der Waals surface area contributed by atoms with Gasteiger partial charge < -0.3 is 36.0 Å². The van der Waals surface area contributed by atoms with E-state index in [9.17, 15) is 14.4 Å². The molecule has 4 fully saturated rings. The van der Waals surface area contributed by atoms with Gasteiger partial charge in [0.05, 0.1) is 16.4 Å². The molecule has 0 saturated carbocycles. The lowest BCUT2D eigenvalue weighted by molar-refractivity contribution is -0.135. The predicted molar refractivity (Wildman–Crippen MR) is 191 cm³/mol. The van der Waals surface area contributed by atoms with Crippen molar-refractivity contribution in [2.24, 2.45) is 0 Å². The standard InChI is InChI=1S/C35H49ClN8O3S/c1-22-15-23(16-29(36)32(22)37)17-30(33(45)42-13-11-41(12-14-42)28-18-26-3-4-27(19-28)40(26)2)38-34(46)43-8-6-25(7-9-43)44-10-5-24-20-48-21-31(24)39-35(44)47/h15-16,20-21,25-28,30H,3-14,17-19,37H2,1-2H3,(H,38,46)(H,39,47)/t26?,27?,28?,30-/m1/s1. The number of carbonyl (C=O) groups excluding carboxylic acids is 3. The average Bonchev–Trinajstić information content (AvgIpc) is 3.53. The molecule has 260 valence electrons. The highest BCUT2D eigenvalue weighted by Crippen LogP contribution is 2.36. The number of hydrogen-bond acceptors (Lipinski definition) is 7. The number of rotatable bonds is 6. The second-order valence-corrected chi connectivity index (χ2v) is 15.6. The number of aryl methyl sites for hydroxylation is 1. The molecular weight excluding hydrogens is 648 g/mol. The third-order valence-electron chi connectivity index (χ3n) is 11.7. The van der Waals surface area contributed by atoms with Crippen LogP contribution in [-0.4, -0.2) is 126 Å². The molecule has 11 nitrogen and oxygen atoms in total. The van der Waals surface area contributed by atoms with Gasteiger partial charge in [0.2, 0.25) is 5.91 Å². The largest absolute Gasteiger partial charge is 0.397 e. The molecule has 5 amide bonds. The topological polar surface area (TPSA) is 117 Å². The number of amides is 5.